The van der Waals surface area contributed by atoms with E-state index in [1.165, 1.54) is 0 Å². The summed E-state index contributed by atoms with van der Waals surface area (Å²) in [5.74, 6) is 0.413. The summed E-state index contributed by atoms with van der Waals surface area (Å²) >= 11 is 0. The number of aryl methyl sites for hydroxylation is 1. The van der Waals surface area contributed by atoms with E-state index in [-0.39, 0.29) is 11.8 Å². The van der Waals surface area contributed by atoms with Crippen molar-refractivity contribution < 1.29 is 9.53 Å². The molecule has 1 aromatic heterocycles. The van der Waals surface area contributed by atoms with Gasteiger partial charge in [0, 0.05) is 31.4 Å². The van der Waals surface area contributed by atoms with Crippen LogP contribution in [0.5, 0.6) is 0 Å². The van der Waals surface area contributed by atoms with E-state index in [2.05, 4.69) is 9.97 Å². The average Bonchev–Trinajstić information content (AvgIpc) is 2.83. The van der Waals surface area contributed by atoms with Crippen molar-refractivity contribution in [1.29, 1.82) is 0 Å². The molecule has 0 saturated carbocycles. The maximum absolute atomic E-state index is 12.6. The van der Waals surface area contributed by atoms with Crippen molar-refractivity contribution in [3.63, 3.8) is 0 Å². The minimum atomic E-state index is 0.159. The Bertz CT molecular complexity index is 658. The van der Waals surface area contributed by atoms with Gasteiger partial charge < -0.3 is 9.64 Å². The first-order chi connectivity index (χ1) is 11.7. The zero-order valence-corrected chi connectivity index (χ0v) is 14.0. The molecule has 5 nitrogen and oxygen atoms in total. The molecule has 1 unspecified atom stereocenters. The van der Waals surface area contributed by atoms with Gasteiger partial charge in [-0.05, 0) is 18.9 Å². The summed E-state index contributed by atoms with van der Waals surface area (Å²) in [6.45, 7) is 4.54. The number of rotatable bonds is 4. The van der Waals surface area contributed by atoms with Crippen LogP contribution in [0.1, 0.15) is 17.0 Å². The fourth-order valence-corrected chi connectivity index (χ4v) is 2.93. The molecular formula is C19H23N3O2. The molecule has 3 rings (SSSR count). The molecule has 1 aliphatic rings. The summed E-state index contributed by atoms with van der Waals surface area (Å²) in [5, 5.41) is 0. The third-order valence-electron chi connectivity index (χ3n) is 4.22. The van der Waals surface area contributed by atoms with Crippen molar-refractivity contribution in [2.24, 2.45) is 5.92 Å². The van der Waals surface area contributed by atoms with Crippen LogP contribution in [-0.2, 0) is 22.4 Å². The van der Waals surface area contributed by atoms with Gasteiger partial charge in [-0.1, -0.05) is 30.3 Å². The Balaban J connectivity index is 1.61. The van der Waals surface area contributed by atoms with Gasteiger partial charge in [-0.25, -0.2) is 0 Å². The summed E-state index contributed by atoms with van der Waals surface area (Å²) in [6, 6.07) is 9.88. The van der Waals surface area contributed by atoms with Crippen molar-refractivity contribution in [3.05, 3.63) is 59.7 Å². The number of ether oxygens (including phenoxy) is 1. The quantitative estimate of drug-likeness (QED) is 0.863. The Labute approximate surface area is 142 Å². The van der Waals surface area contributed by atoms with Gasteiger partial charge in [-0.3, -0.25) is 14.8 Å². The van der Waals surface area contributed by atoms with Crippen LogP contribution in [-0.4, -0.2) is 47.1 Å². The van der Waals surface area contributed by atoms with Crippen LogP contribution in [0.4, 0.5) is 0 Å². The van der Waals surface area contributed by atoms with Crippen LogP contribution < -0.4 is 0 Å². The lowest BCUT2D eigenvalue weighted by Gasteiger charge is -2.23. The maximum atomic E-state index is 12.6. The van der Waals surface area contributed by atoms with Crippen molar-refractivity contribution in [2.45, 2.75) is 19.8 Å². The third-order valence-corrected chi connectivity index (χ3v) is 4.22. The fourth-order valence-electron chi connectivity index (χ4n) is 2.93. The second-order valence-electron chi connectivity index (χ2n) is 6.30. The van der Waals surface area contributed by atoms with E-state index in [0.717, 1.165) is 23.4 Å². The van der Waals surface area contributed by atoms with Crippen molar-refractivity contribution >= 4 is 5.91 Å². The number of hydrogen-bond acceptors (Lipinski definition) is 4. The van der Waals surface area contributed by atoms with E-state index in [1.807, 2.05) is 48.4 Å². The Kier molecular flexibility index (Phi) is 5.54. The van der Waals surface area contributed by atoms with E-state index in [1.54, 1.807) is 6.20 Å². The normalized spacial score (nSPS) is 18.2. The monoisotopic (exact) mass is 325 g/mol. The molecule has 1 amide bonds. The standard InChI is InChI=1S/C19H23N3O2/c1-15-11-21-18(12-20-15)9-17-13-22(7-8-24-14-17)19(23)10-16-5-3-2-4-6-16/h2-6,11-12,17H,7-10,13-14H2,1H3. The summed E-state index contributed by atoms with van der Waals surface area (Å²) in [5.41, 5.74) is 2.91. The number of amides is 1. The minimum absolute atomic E-state index is 0.159. The number of aromatic nitrogens is 2. The SMILES string of the molecule is Cc1cnc(CC2COCCN(C(=O)Cc3ccccc3)C2)cn1. The summed E-state index contributed by atoms with van der Waals surface area (Å²) in [4.78, 5) is 23.2. The number of hydrogen-bond donors (Lipinski definition) is 0. The largest absolute Gasteiger partial charge is 0.379 e. The first-order valence-electron chi connectivity index (χ1n) is 8.37. The number of carbonyl (C=O) groups excluding carboxylic acids is 1. The second kappa shape index (κ2) is 8.02. The van der Waals surface area contributed by atoms with E-state index in [4.69, 9.17) is 4.74 Å². The van der Waals surface area contributed by atoms with Crippen molar-refractivity contribution in [1.82, 2.24) is 14.9 Å². The highest BCUT2D eigenvalue weighted by Gasteiger charge is 2.23. The van der Waals surface area contributed by atoms with Crippen LogP contribution in [0.2, 0.25) is 0 Å². The molecule has 2 aromatic rings. The molecule has 126 valence electrons. The maximum Gasteiger partial charge on any atom is 0.227 e. The Morgan fingerprint density at radius 3 is 2.83 bits per heavy atom. The van der Waals surface area contributed by atoms with E-state index in [9.17, 15) is 4.79 Å². The van der Waals surface area contributed by atoms with Crippen LogP contribution in [0.3, 0.4) is 0 Å². The van der Waals surface area contributed by atoms with Gasteiger partial charge in [0.2, 0.25) is 5.91 Å². The molecule has 1 aromatic carbocycles. The zero-order valence-electron chi connectivity index (χ0n) is 14.0. The predicted molar refractivity (Wildman–Crippen MR) is 91.5 cm³/mol. The van der Waals surface area contributed by atoms with E-state index >= 15 is 0 Å². The average molecular weight is 325 g/mol. The predicted octanol–water partition coefficient (Wildman–Crippen LogP) is 2.05. The van der Waals surface area contributed by atoms with E-state index in [0.29, 0.717) is 32.7 Å². The fraction of sp³-hybridized carbons (Fsp3) is 0.421. The Morgan fingerprint density at radius 2 is 2.08 bits per heavy atom. The Hall–Kier alpha value is -2.27. The van der Waals surface area contributed by atoms with Crippen molar-refractivity contribution in [3.8, 4) is 0 Å². The molecule has 0 bridgehead atoms. The molecule has 2 heterocycles. The molecule has 0 aliphatic carbocycles. The summed E-state index contributed by atoms with van der Waals surface area (Å²) < 4.78 is 5.69. The van der Waals surface area contributed by atoms with E-state index < -0.39 is 0 Å². The second-order valence-corrected chi connectivity index (χ2v) is 6.30. The highest BCUT2D eigenvalue weighted by molar-refractivity contribution is 5.78. The van der Waals surface area contributed by atoms with Gasteiger partial charge in [-0.2, -0.15) is 0 Å². The Morgan fingerprint density at radius 1 is 1.25 bits per heavy atom. The highest BCUT2D eigenvalue weighted by Crippen LogP contribution is 2.14. The smallest absolute Gasteiger partial charge is 0.227 e. The molecule has 1 atom stereocenters. The third kappa shape index (κ3) is 4.61. The van der Waals surface area contributed by atoms with Crippen LogP contribution in [0.15, 0.2) is 42.7 Å². The first kappa shape index (κ1) is 16.6. The summed E-state index contributed by atoms with van der Waals surface area (Å²) in [7, 11) is 0. The lowest BCUT2D eigenvalue weighted by Crippen LogP contribution is -2.37. The van der Waals surface area contributed by atoms with Crippen LogP contribution >= 0.6 is 0 Å². The van der Waals surface area contributed by atoms with Gasteiger partial charge in [0.25, 0.3) is 0 Å². The molecule has 24 heavy (non-hydrogen) atoms. The van der Waals surface area contributed by atoms with Gasteiger partial charge in [0.1, 0.15) is 0 Å². The van der Waals surface area contributed by atoms with Gasteiger partial charge >= 0.3 is 0 Å². The molecule has 0 radical (unpaired) electrons. The number of benzene rings is 1. The number of carbonyl (C=O) groups is 1. The van der Waals surface area contributed by atoms with Gasteiger partial charge in [0.15, 0.2) is 0 Å². The molecule has 1 fully saturated rings. The lowest BCUT2D eigenvalue weighted by molar-refractivity contribution is -0.130. The highest BCUT2D eigenvalue weighted by atomic mass is 16.5. The molecule has 0 N–H and O–H groups in total. The first-order valence-corrected chi connectivity index (χ1v) is 8.37. The minimum Gasteiger partial charge on any atom is -0.379 e. The van der Waals surface area contributed by atoms with Gasteiger partial charge in [0.05, 0.1) is 31.0 Å². The molecule has 1 saturated heterocycles. The lowest BCUT2D eigenvalue weighted by atomic mass is 10.0. The molecule has 0 spiro atoms. The molecular weight excluding hydrogens is 302 g/mol. The molecule has 1 aliphatic heterocycles. The van der Waals surface area contributed by atoms with Crippen LogP contribution in [0, 0.1) is 12.8 Å². The van der Waals surface area contributed by atoms with Gasteiger partial charge in [-0.15, -0.1) is 0 Å². The molecule has 5 heteroatoms. The van der Waals surface area contributed by atoms with Crippen molar-refractivity contribution in [2.75, 3.05) is 26.3 Å². The topological polar surface area (TPSA) is 55.3 Å². The number of nitrogens with zero attached hydrogens (tertiary/aromatic N) is 3. The summed E-state index contributed by atoms with van der Waals surface area (Å²) in [6.07, 6.45) is 4.82. The zero-order chi connectivity index (χ0) is 16.8. The van der Waals surface area contributed by atoms with Crippen LogP contribution in [0.25, 0.3) is 0 Å².